The van der Waals surface area contributed by atoms with Crippen LogP contribution in [0.25, 0.3) is 16.6 Å². The lowest BCUT2D eigenvalue weighted by Crippen LogP contribution is -2.51. The molecule has 1 aliphatic rings. The molecule has 5 rings (SSSR count). The lowest BCUT2D eigenvalue weighted by molar-refractivity contribution is 0.0141. The van der Waals surface area contributed by atoms with Gasteiger partial charge in [0.05, 0.1) is 11.1 Å². The van der Waals surface area contributed by atoms with Crippen LogP contribution in [0.3, 0.4) is 0 Å². The van der Waals surface area contributed by atoms with Crippen molar-refractivity contribution >= 4 is 34.5 Å². The van der Waals surface area contributed by atoms with Gasteiger partial charge in [0.1, 0.15) is 11.4 Å². The van der Waals surface area contributed by atoms with E-state index in [-0.39, 0.29) is 23.0 Å². The van der Waals surface area contributed by atoms with Crippen molar-refractivity contribution in [2.24, 2.45) is 0 Å². The molecular weight excluding hydrogens is 531 g/mol. The molecule has 4 aromatic rings. The summed E-state index contributed by atoms with van der Waals surface area (Å²) in [7, 11) is 0. The molecule has 2 aromatic heterocycles. The van der Waals surface area contributed by atoms with E-state index in [4.69, 9.17) is 16.3 Å². The lowest BCUT2D eigenvalue weighted by atomic mass is 9.99. The Kier molecular flexibility index (Phi) is 7.55. The fraction of sp³-hybridized carbons (Fsp3) is 0.323. The summed E-state index contributed by atoms with van der Waals surface area (Å²) in [6, 6.07) is 16.4. The predicted octanol–water partition coefficient (Wildman–Crippen LogP) is 6.41. The Morgan fingerprint density at radius 2 is 1.65 bits per heavy atom. The molecule has 0 aliphatic carbocycles. The van der Waals surface area contributed by atoms with E-state index in [9.17, 15) is 14.0 Å². The molecule has 2 aromatic carbocycles. The van der Waals surface area contributed by atoms with E-state index in [1.54, 1.807) is 35.1 Å². The molecule has 1 fully saturated rings. The van der Waals surface area contributed by atoms with Crippen molar-refractivity contribution in [2.75, 3.05) is 26.2 Å². The largest absolute Gasteiger partial charge is 0.444 e. The highest BCUT2D eigenvalue weighted by atomic mass is 35.5. The molecule has 2 amide bonds. The van der Waals surface area contributed by atoms with Gasteiger partial charge in [-0.05, 0) is 63.1 Å². The van der Waals surface area contributed by atoms with Crippen molar-refractivity contribution in [3.63, 3.8) is 0 Å². The van der Waals surface area contributed by atoms with E-state index in [0.717, 1.165) is 11.3 Å². The molecule has 0 saturated carbocycles. The van der Waals surface area contributed by atoms with E-state index >= 15 is 0 Å². The molecule has 0 atom stereocenters. The molecule has 9 heteroatoms. The van der Waals surface area contributed by atoms with Crippen LogP contribution < -0.4 is 0 Å². The first-order chi connectivity index (χ1) is 19.0. The van der Waals surface area contributed by atoms with Crippen LogP contribution in [0.1, 0.15) is 48.0 Å². The predicted molar refractivity (Wildman–Crippen MR) is 154 cm³/mol. The van der Waals surface area contributed by atoms with Gasteiger partial charge in [-0.3, -0.25) is 4.79 Å². The molecule has 40 heavy (non-hydrogen) atoms. The van der Waals surface area contributed by atoms with Crippen molar-refractivity contribution in [3.05, 3.63) is 94.1 Å². The van der Waals surface area contributed by atoms with E-state index < -0.39 is 5.60 Å². The Bertz CT molecular complexity index is 1570. The molecule has 7 nitrogen and oxygen atoms in total. The van der Waals surface area contributed by atoms with Gasteiger partial charge in [0.25, 0.3) is 5.91 Å². The zero-order valence-electron chi connectivity index (χ0n) is 23.1. The third kappa shape index (κ3) is 5.41. The van der Waals surface area contributed by atoms with Gasteiger partial charge in [0, 0.05) is 55.6 Å². The highest BCUT2D eigenvalue weighted by Gasteiger charge is 2.32. The Morgan fingerprint density at radius 3 is 2.33 bits per heavy atom. The first-order valence-corrected chi connectivity index (χ1v) is 13.7. The average Bonchev–Trinajstić information content (AvgIpc) is 3.25. The summed E-state index contributed by atoms with van der Waals surface area (Å²) in [6.45, 7) is 8.66. The van der Waals surface area contributed by atoms with Gasteiger partial charge < -0.3 is 19.1 Å². The van der Waals surface area contributed by atoms with Gasteiger partial charge in [-0.2, -0.15) is 0 Å². The molecule has 1 saturated heterocycles. The third-order valence-corrected chi connectivity index (χ3v) is 7.39. The van der Waals surface area contributed by atoms with E-state index in [1.807, 2.05) is 61.7 Å². The first-order valence-electron chi connectivity index (χ1n) is 13.3. The van der Waals surface area contributed by atoms with E-state index in [2.05, 4.69) is 4.98 Å². The Balaban J connectivity index is 1.59. The molecule has 3 heterocycles. The summed E-state index contributed by atoms with van der Waals surface area (Å²) < 4.78 is 22.0. The maximum Gasteiger partial charge on any atom is 0.410 e. The second-order valence-corrected chi connectivity index (χ2v) is 11.3. The number of ether oxygens (including phenoxy) is 1. The highest BCUT2D eigenvalue weighted by molar-refractivity contribution is 6.34. The summed E-state index contributed by atoms with van der Waals surface area (Å²) in [5.74, 6) is -0.472. The Labute approximate surface area is 238 Å². The van der Waals surface area contributed by atoms with E-state index in [0.29, 0.717) is 60.3 Å². The first kappa shape index (κ1) is 27.6. The van der Waals surface area contributed by atoms with Gasteiger partial charge in [-0.15, -0.1) is 0 Å². The number of hydrogen-bond acceptors (Lipinski definition) is 4. The van der Waals surface area contributed by atoms with Crippen LogP contribution in [-0.4, -0.2) is 63.1 Å². The van der Waals surface area contributed by atoms with Crippen molar-refractivity contribution < 1.29 is 18.7 Å². The minimum absolute atomic E-state index is 0.171. The number of aromatic nitrogens is 2. The topological polar surface area (TPSA) is 67.7 Å². The summed E-state index contributed by atoms with van der Waals surface area (Å²) in [6.07, 6.45) is 1.51. The van der Waals surface area contributed by atoms with Gasteiger partial charge in [-0.1, -0.05) is 41.9 Å². The number of amides is 2. The zero-order chi connectivity index (χ0) is 28.6. The number of nitrogens with zero attached hydrogens (tertiary/aromatic N) is 4. The highest BCUT2D eigenvalue weighted by Crippen LogP contribution is 2.36. The van der Waals surface area contributed by atoms with Crippen molar-refractivity contribution in [3.8, 4) is 5.69 Å². The maximum absolute atomic E-state index is 14.6. The third-order valence-electron chi connectivity index (χ3n) is 7.12. The number of piperazine rings is 1. The summed E-state index contributed by atoms with van der Waals surface area (Å²) in [4.78, 5) is 34.6. The van der Waals surface area contributed by atoms with Crippen molar-refractivity contribution in [2.45, 2.75) is 39.7 Å². The number of carbonyl (C=O) groups is 2. The Hall–Kier alpha value is -3.91. The van der Waals surface area contributed by atoms with Crippen LogP contribution in [-0.2, 0) is 11.2 Å². The Morgan fingerprint density at radius 1 is 0.975 bits per heavy atom. The summed E-state index contributed by atoms with van der Waals surface area (Å²) in [5.41, 5.74) is 3.34. The second-order valence-electron chi connectivity index (χ2n) is 11.0. The minimum atomic E-state index is -0.597. The molecular formula is C31H32ClFN4O3. The number of halogens is 2. The molecule has 0 spiro atoms. The van der Waals surface area contributed by atoms with Crippen molar-refractivity contribution in [1.82, 2.24) is 19.4 Å². The van der Waals surface area contributed by atoms with Crippen LogP contribution >= 0.6 is 11.6 Å². The number of benzene rings is 2. The normalized spacial score (nSPS) is 14.1. The molecule has 0 unspecified atom stereocenters. The van der Waals surface area contributed by atoms with Crippen molar-refractivity contribution in [1.29, 1.82) is 0 Å². The average molecular weight is 563 g/mol. The van der Waals surface area contributed by atoms with Gasteiger partial charge in [-0.25, -0.2) is 14.2 Å². The summed E-state index contributed by atoms with van der Waals surface area (Å²) >= 11 is 6.68. The van der Waals surface area contributed by atoms with Crippen LogP contribution in [0.4, 0.5) is 9.18 Å². The van der Waals surface area contributed by atoms with Gasteiger partial charge >= 0.3 is 6.09 Å². The smallest absolute Gasteiger partial charge is 0.410 e. The maximum atomic E-state index is 14.6. The molecule has 0 radical (unpaired) electrons. The number of fused-ring (bicyclic) bond motifs is 1. The molecule has 208 valence electrons. The zero-order valence-corrected chi connectivity index (χ0v) is 23.8. The number of para-hydroxylation sites is 1. The molecule has 0 N–H and O–H groups in total. The number of hydrogen-bond donors (Lipinski definition) is 0. The standard InChI is InChI=1S/C31H32ClFN4O3/c1-20-21(9-8-12-24(20)33)19-25-26(29(38)35-15-17-36(18-16-35)30(39)40-31(2,3)4)23-13-14-34-28(32)27(23)37(25)22-10-6-5-7-11-22/h5-14H,15-19H2,1-4H3. The second kappa shape index (κ2) is 10.9. The summed E-state index contributed by atoms with van der Waals surface area (Å²) in [5, 5.41) is 0.944. The fourth-order valence-corrected chi connectivity index (χ4v) is 5.36. The number of pyridine rings is 1. The van der Waals surface area contributed by atoms with Crippen LogP contribution in [0, 0.1) is 12.7 Å². The monoisotopic (exact) mass is 562 g/mol. The number of rotatable bonds is 4. The van der Waals surface area contributed by atoms with Gasteiger partial charge in [0.15, 0.2) is 5.15 Å². The van der Waals surface area contributed by atoms with Gasteiger partial charge in [0.2, 0.25) is 0 Å². The molecule has 0 bridgehead atoms. The fourth-order valence-electron chi connectivity index (χ4n) is 5.11. The molecule has 1 aliphatic heterocycles. The van der Waals surface area contributed by atoms with Crippen LogP contribution in [0.5, 0.6) is 0 Å². The lowest BCUT2D eigenvalue weighted by Gasteiger charge is -2.35. The number of carbonyl (C=O) groups excluding carboxylic acids is 2. The van der Waals surface area contributed by atoms with Crippen LogP contribution in [0.2, 0.25) is 5.15 Å². The SMILES string of the molecule is Cc1c(F)cccc1Cc1c(C(=O)N2CCN(C(=O)OC(C)(C)C)CC2)c2ccnc(Cl)c2n1-c1ccccc1. The van der Waals surface area contributed by atoms with E-state index in [1.165, 1.54) is 6.07 Å². The van der Waals surface area contributed by atoms with Crippen LogP contribution in [0.15, 0.2) is 60.8 Å². The minimum Gasteiger partial charge on any atom is -0.444 e. The quantitative estimate of drug-likeness (QED) is 0.270.